The van der Waals surface area contributed by atoms with Crippen LogP contribution in [0.1, 0.15) is 10.6 Å². The predicted octanol–water partition coefficient (Wildman–Crippen LogP) is 3.13. The lowest BCUT2D eigenvalue weighted by atomic mass is 10.3. The minimum absolute atomic E-state index is 0.628. The van der Waals surface area contributed by atoms with Crippen molar-refractivity contribution in [2.45, 2.75) is 13.8 Å². The Balaban J connectivity index is 2.26. The summed E-state index contributed by atoms with van der Waals surface area (Å²) in [6.45, 7) is 3.99. The highest BCUT2D eigenvalue weighted by Gasteiger charge is 2.07. The summed E-state index contributed by atoms with van der Waals surface area (Å²) in [5.41, 5.74) is 7.40. The van der Waals surface area contributed by atoms with Gasteiger partial charge in [-0.05, 0) is 26.0 Å². The molecule has 0 unspecified atom stereocenters. The Morgan fingerprint density at radius 1 is 1.27 bits per heavy atom. The molecule has 2 rings (SSSR count). The number of benzene rings is 1. The van der Waals surface area contributed by atoms with Gasteiger partial charge in [-0.2, -0.15) is 0 Å². The van der Waals surface area contributed by atoms with Gasteiger partial charge in [0.2, 0.25) is 0 Å². The fraction of sp³-hybridized carbons (Fsp3) is 0.182. The normalized spacial score (nSPS) is 10.3. The molecule has 0 radical (unpaired) electrons. The molecule has 0 aliphatic heterocycles. The first-order chi connectivity index (χ1) is 7.16. The second-order valence-corrected chi connectivity index (χ2v) is 4.43. The predicted molar refractivity (Wildman–Crippen MR) is 62.5 cm³/mol. The Hall–Kier alpha value is -1.55. The van der Waals surface area contributed by atoms with E-state index in [4.69, 9.17) is 10.5 Å². The molecule has 0 saturated heterocycles. The van der Waals surface area contributed by atoms with Crippen LogP contribution in [0.5, 0.6) is 10.9 Å². The summed E-state index contributed by atoms with van der Waals surface area (Å²) in [6.07, 6.45) is 0. The molecule has 0 fully saturated rings. The molecule has 78 valence electrons. The molecule has 0 spiro atoms. The van der Waals surface area contributed by atoms with Gasteiger partial charge in [0.1, 0.15) is 0 Å². The van der Waals surface area contributed by atoms with E-state index in [0.717, 1.165) is 5.69 Å². The van der Waals surface area contributed by atoms with Crippen molar-refractivity contribution in [3.05, 3.63) is 34.8 Å². The molecule has 2 N–H and O–H groups in total. The van der Waals surface area contributed by atoms with Crippen molar-refractivity contribution < 1.29 is 4.74 Å². The molecule has 0 saturated carbocycles. The number of nitrogens with zero attached hydrogens (tertiary/aromatic N) is 1. The minimum Gasteiger partial charge on any atom is -0.429 e. The zero-order valence-corrected chi connectivity index (χ0v) is 9.47. The Morgan fingerprint density at radius 2 is 2.00 bits per heavy atom. The molecule has 0 aliphatic carbocycles. The van der Waals surface area contributed by atoms with Crippen molar-refractivity contribution in [2.75, 3.05) is 5.73 Å². The number of nitrogens with two attached hydrogens (primary N) is 1. The van der Waals surface area contributed by atoms with E-state index in [1.165, 1.54) is 16.2 Å². The Labute approximate surface area is 92.5 Å². The second kappa shape index (κ2) is 3.90. The molecule has 0 amide bonds. The van der Waals surface area contributed by atoms with E-state index in [2.05, 4.69) is 4.98 Å². The van der Waals surface area contributed by atoms with Gasteiger partial charge in [0, 0.05) is 4.88 Å². The number of ether oxygens (including phenoxy) is 1. The summed E-state index contributed by atoms with van der Waals surface area (Å²) in [6, 6.07) is 7.41. The van der Waals surface area contributed by atoms with Gasteiger partial charge in [0.15, 0.2) is 5.75 Å². The van der Waals surface area contributed by atoms with Crippen molar-refractivity contribution in [3.63, 3.8) is 0 Å². The van der Waals surface area contributed by atoms with Crippen LogP contribution in [0, 0.1) is 13.8 Å². The van der Waals surface area contributed by atoms with Crippen LogP contribution in [0.2, 0.25) is 0 Å². The first kappa shape index (κ1) is 9.98. The maximum Gasteiger partial charge on any atom is 0.279 e. The third-order valence-corrected chi connectivity index (χ3v) is 3.08. The van der Waals surface area contributed by atoms with Crippen molar-refractivity contribution in [1.29, 1.82) is 0 Å². The van der Waals surface area contributed by atoms with Crippen molar-refractivity contribution >= 4 is 17.0 Å². The van der Waals surface area contributed by atoms with Crippen molar-refractivity contribution in [2.24, 2.45) is 0 Å². The summed E-state index contributed by atoms with van der Waals surface area (Å²) >= 11 is 1.53. The van der Waals surface area contributed by atoms with Crippen molar-refractivity contribution in [1.82, 2.24) is 4.98 Å². The van der Waals surface area contributed by atoms with Gasteiger partial charge < -0.3 is 10.5 Å². The highest BCUT2D eigenvalue weighted by molar-refractivity contribution is 7.13. The minimum atomic E-state index is 0.628. The average molecular weight is 220 g/mol. The number of nitrogen functional groups attached to an aromatic ring is 1. The monoisotopic (exact) mass is 220 g/mol. The Bertz CT molecular complexity index is 460. The number of para-hydroxylation sites is 2. The summed E-state index contributed by atoms with van der Waals surface area (Å²) < 4.78 is 5.59. The van der Waals surface area contributed by atoms with E-state index in [-0.39, 0.29) is 0 Å². The largest absolute Gasteiger partial charge is 0.429 e. The van der Waals surface area contributed by atoms with Crippen LogP contribution in [0.3, 0.4) is 0 Å². The molecule has 1 heterocycles. The van der Waals surface area contributed by atoms with Crippen LogP contribution in [0.15, 0.2) is 24.3 Å². The molecular formula is C11H12N2OS. The second-order valence-electron chi connectivity index (χ2n) is 3.26. The Kier molecular flexibility index (Phi) is 2.60. The number of hydrogen-bond acceptors (Lipinski definition) is 4. The number of thiazole rings is 1. The van der Waals surface area contributed by atoms with E-state index < -0.39 is 0 Å². The van der Waals surface area contributed by atoms with E-state index in [1.807, 2.05) is 38.1 Å². The molecule has 3 nitrogen and oxygen atoms in total. The lowest BCUT2D eigenvalue weighted by molar-refractivity contribution is 0.480. The van der Waals surface area contributed by atoms with Crippen LogP contribution in [0.25, 0.3) is 0 Å². The molecule has 0 aliphatic rings. The van der Waals surface area contributed by atoms with Crippen LogP contribution in [0.4, 0.5) is 5.69 Å². The first-order valence-corrected chi connectivity index (χ1v) is 5.45. The molecule has 4 heteroatoms. The summed E-state index contributed by atoms with van der Waals surface area (Å²) in [5, 5.41) is 0.642. The summed E-state index contributed by atoms with van der Waals surface area (Å²) in [7, 11) is 0. The van der Waals surface area contributed by atoms with E-state index in [9.17, 15) is 0 Å². The molecule has 15 heavy (non-hydrogen) atoms. The van der Waals surface area contributed by atoms with E-state index in [0.29, 0.717) is 16.6 Å². The van der Waals surface area contributed by atoms with Crippen LogP contribution < -0.4 is 10.5 Å². The lowest BCUT2D eigenvalue weighted by Crippen LogP contribution is -1.90. The molecule has 0 bridgehead atoms. The highest BCUT2D eigenvalue weighted by atomic mass is 32.1. The van der Waals surface area contributed by atoms with Gasteiger partial charge in [0.25, 0.3) is 5.19 Å². The number of aryl methyl sites for hydroxylation is 2. The van der Waals surface area contributed by atoms with Crippen LogP contribution in [-0.4, -0.2) is 4.98 Å². The smallest absolute Gasteiger partial charge is 0.279 e. The maximum absolute atomic E-state index is 5.77. The number of rotatable bonds is 2. The highest BCUT2D eigenvalue weighted by Crippen LogP contribution is 2.31. The topological polar surface area (TPSA) is 48.1 Å². The van der Waals surface area contributed by atoms with Gasteiger partial charge in [-0.25, -0.2) is 4.98 Å². The first-order valence-electron chi connectivity index (χ1n) is 4.63. The van der Waals surface area contributed by atoms with Crippen LogP contribution >= 0.6 is 11.3 Å². The number of aromatic nitrogens is 1. The van der Waals surface area contributed by atoms with Crippen molar-refractivity contribution in [3.8, 4) is 10.9 Å². The molecule has 2 aromatic rings. The molecular weight excluding hydrogens is 208 g/mol. The van der Waals surface area contributed by atoms with E-state index in [1.54, 1.807) is 0 Å². The van der Waals surface area contributed by atoms with Gasteiger partial charge in [0.05, 0.1) is 11.4 Å². The van der Waals surface area contributed by atoms with Gasteiger partial charge >= 0.3 is 0 Å². The zero-order chi connectivity index (χ0) is 10.8. The molecule has 0 atom stereocenters. The third kappa shape index (κ3) is 2.10. The lowest BCUT2D eigenvalue weighted by Gasteiger charge is -2.03. The quantitative estimate of drug-likeness (QED) is 0.791. The SMILES string of the molecule is Cc1nc(Oc2ccccc2N)sc1C. The van der Waals surface area contributed by atoms with Crippen LogP contribution in [-0.2, 0) is 0 Å². The third-order valence-electron chi connectivity index (χ3n) is 2.13. The standard InChI is InChI=1S/C11H12N2OS/c1-7-8(2)15-11(13-7)14-10-6-4-3-5-9(10)12/h3-6H,12H2,1-2H3. The number of hydrogen-bond donors (Lipinski definition) is 1. The fourth-order valence-electron chi connectivity index (χ4n) is 1.15. The summed E-state index contributed by atoms with van der Waals surface area (Å²) in [5.74, 6) is 0.659. The number of anilines is 1. The summed E-state index contributed by atoms with van der Waals surface area (Å²) in [4.78, 5) is 5.45. The maximum atomic E-state index is 5.77. The molecule has 1 aromatic carbocycles. The van der Waals surface area contributed by atoms with Gasteiger partial charge in [-0.1, -0.05) is 23.5 Å². The molecule has 1 aromatic heterocycles. The zero-order valence-electron chi connectivity index (χ0n) is 8.65. The van der Waals surface area contributed by atoms with E-state index >= 15 is 0 Å². The average Bonchev–Trinajstić information content (AvgIpc) is 2.50. The Morgan fingerprint density at radius 3 is 2.60 bits per heavy atom. The van der Waals surface area contributed by atoms with Gasteiger partial charge in [-0.3, -0.25) is 0 Å². The fourth-order valence-corrected chi connectivity index (χ4v) is 1.92. The van der Waals surface area contributed by atoms with Gasteiger partial charge in [-0.15, -0.1) is 0 Å².